The maximum Gasteiger partial charge on any atom is 0.273 e. The van der Waals surface area contributed by atoms with E-state index in [2.05, 4.69) is 31.9 Å². The monoisotopic (exact) mass is 400 g/mol. The van der Waals surface area contributed by atoms with E-state index in [1.165, 1.54) is 17.2 Å². The molecule has 30 heavy (non-hydrogen) atoms. The van der Waals surface area contributed by atoms with Crippen molar-refractivity contribution < 1.29 is 9.53 Å². The van der Waals surface area contributed by atoms with Crippen molar-refractivity contribution in [1.29, 1.82) is 5.26 Å². The fourth-order valence-electron chi connectivity index (χ4n) is 2.85. The van der Waals surface area contributed by atoms with Crippen LogP contribution in [-0.4, -0.2) is 35.7 Å². The van der Waals surface area contributed by atoms with Crippen LogP contribution in [0.5, 0.6) is 5.75 Å². The zero-order valence-corrected chi connectivity index (χ0v) is 15.9. The molecule has 0 spiro atoms. The summed E-state index contributed by atoms with van der Waals surface area (Å²) in [4.78, 5) is 16.4. The van der Waals surface area contributed by atoms with Crippen molar-refractivity contribution in [2.24, 2.45) is 7.05 Å². The van der Waals surface area contributed by atoms with Gasteiger partial charge in [-0.25, -0.2) is 4.98 Å². The van der Waals surface area contributed by atoms with E-state index >= 15 is 0 Å². The second-order valence-corrected chi connectivity index (χ2v) is 6.34. The first-order chi connectivity index (χ1) is 14.7. The first-order valence-corrected chi connectivity index (χ1v) is 8.91. The Morgan fingerprint density at radius 3 is 2.83 bits per heavy atom. The van der Waals surface area contributed by atoms with Crippen molar-refractivity contribution in [1.82, 2.24) is 29.8 Å². The van der Waals surface area contributed by atoms with E-state index in [-0.39, 0.29) is 12.5 Å². The molecule has 4 rings (SSSR count). The van der Waals surface area contributed by atoms with Gasteiger partial charge >= 0.3 is 0 Å². The number of hydrogen-bond donors (Lipinski definition) is 1. The summed E-state index contributed by atoms with van der Waals surface area (Å²) in [6.45, 7) is 0.194. The summed E-state index contributed by atoms with van der Waals surface area (Å²) in [6.07, 6.45) is 4.47. The molecule has 10 nitrogen and oxygen atoms in total. The molecule has 4 aromatic rings. The van der Waals surface area contributed by atoms with Crippen LogP contribution in [0, 0.1) is 11.3 Å². The Labute approximate surface area is 171 Å². The van der Waals surface area contributed by atoms with Crippen LogP contribution in [0.3, 0.4) is 0 Å². The molecular weight excluding hydrogens is 384 g/mol. The van der Waals surface area contributed by atoms with Gasteiger partial charge in [0.15, 0.2) is 0 Å². The lowest BCUT2D eigenvalue weighted by atomic mass is 10.1. The SMILES string of the molecule is Cn1cncc1C(=O)Nc1ccc(OCc2ccccc2C#N)c(-n2cnnn2)c1. The van der Waals surface area contributed by atoms with Gasteiger partial charge in [-0.2, -0.15) is 9.94 Å². The maximum atomic E-state index is 12.5. The van der Waals surface area contributed by atoms with Gasteiger partial charge in [0.25, 0.3) is 5.91 Å². The molecule has 0 aliphatic rings. The molecular formula is C20H16N8O2. The molecule has 0 saturated carbocycles. The number of aromatic nitrogens is 6. The minimum atomic E-state index is -0.297. The quantitative estimate of drug-likeness (QED) is 0.525. The van der Waals surface area contributed by atoms with Gasteiger partial charge in [0.1, 0.15) is 30.1 Å². The number of hydrogen-bond acceptors (Lipinski definition) is 7. The summed E-state index contributed by atoms with van der Waals surface area (Å²) >= 11 is 0. The number of carbonyl (C=O) groups is 1. The number of aryl methyl sites for hydroxylation is 1. The molecule has 1 amide bonds. The summed E-state index contributed by atoms with van der Waals surface area (Å²) in [6, 6.07) is 14.5. The molecule has 0 unspecified atom stereocenters. The summed E-state index contributed by atoms with van der Waals surface area (Å²) in [5.41, 5.74) is 2.80. The molecule has 0 saturated heterocycles. The third kappa shape index (κ3) is 3.85. The van der Waals surface area contributed by atoms with Crippen LogP contribution in [0.15, 0.2) is 61.3 Å². The van der Waals surface area contributed by atoms with Gasteiger partial charge in [0.05, 0.1) is 24.2 Å². The lowest BCUT2D eigenvalue weighted by molar-refractivity contribution is 0.101. The van der Waals surface area contributed by atoms with Crippen LogP contribution in [0.1, 0.15) is 21.6 Å². The molecule has 2 heterocycles. The first-order valence-electron chi connectivity index (χ1n) is 8.91. The minimum Gasteiger partial charge on any atom is -0.487 e. The summed E-state index contributed by atoms with van der Waals surface area (Å²) in [7, 11) is 1.74. The van der Waals surface area contributed by atoms with Gasteiger partial charge in [0.2, 0.25) is 0 Å². The maximum absolute atomic E-state index is 12.5. The molecule has 0 radical (unpaired) electrons. The van der Waals surface area contributed by atoms with Crippen molar-refractivity contribution in [3.63, 3.8) is 0 Å². The highest BCUT2D eigenvalue weighted by atomic mass is 16.5. The van der Waals surface area contributed by atoms with Gasteiger partial charge in [0, 0.05) is 18.3 Å². The molecule has 148 valence electrons. The van der Waals surface area contributed by atoms with E-state index in [0.717, 1.165) is 5.56 Å². The number of nitrogens with zero attached hydrogens (tertiary/aromatic N) is 7. The molecule has 0 aliphatic carbocycles. The molecule has 1 N–H and O–H groups in total. The molecule has 0 fully saturated rings. The Kier molecular flexibility index (Phi) is 5.17. The Morgan fingerprint density at radius 2 is 2.10 bits per heavy atom. The largest absolute Gasteiger partial charge is 0.487 e. The smallest absolute Gasteiger partial charge is 0.273 e. The van der Waals surface area contributed by atoms with Crippen molar-refractivity contribution in [2.45, 2.75) is 6.61 Å². The van der Waals surface area contributed by atoms with Crippen molar-refractivity contribution in [3.8, 4) is 17.5 Å². The highest BCUT2D eigenvalue weighted by Gasteiger charge is 2.14. The minimum absolute atomic E-state index is 0.194. The van der Waals surface area contributed by atoms with Gasteiger partial charge < -0.3 is 14.6 Å². The first kappa shape index (κ1) is 18.8. The second-order valence-electron chi connectivity index (χ2n) is 6.34. The standard InChI is InChI=1S/C20H16N8O2/c1-27-12-22-10-18(27)20(29)24-16-6-7-19(17(8-16)28-13-23-25-26-28)30-11-15-5-3-2-4-14(15)9-21/h2-8,10,12-13H,11H2,1H3,(H,24,29). The van der Waals surface area contributed by atoms with Gasteiger partial charge in [-0.1, -0.05) is 18.2 Å². The van der Waals surface area contributed by atoms with Crippen LogP contribution in [0.25, 0.3) is 5.69 Å². The van der Waals surface area contributed by atoms with Crippen molar-refractivity contribution >= 4 is 11.6 Å². The van der Waals surface area contributed by atoms with E-state index in [4.69, 9.17) is 4.74 Å². The van der Waals surface area contributed by atoms with Gasteiger partial charge in [-0.3, -0.25) is 4.79 Å². The fraction of sp³-hybridized carbons (Fsp3) is 0.100. The number of tetrazole rings is 1. The molecule has 0 atom stereocenters. The number of carbonyl (C=O) groups excluding carboxylic acids is 1. The fourth-order valence-corrected chi connectivity index (χ4v) is 2.85. The Balaban J connectivity index is 1.60. The zero-order chi connectivity index (χ0) is 20.9. The number of ether oxygens (including phenoxy) is 1. The number of amides is 1. The highest BCUT2D eigenvalue weighted by molar-refractivity contribution is 6.03. The van der Waals surface area contributed by atoms with E-state index in [1.54, 1.807) is 48.3 Å². The number of benzene rings is 2. The molecule has 0 aliphatic heterocycles. The van der Waals surface area contributed by atoms with Crippen LogP contribution >= 0.6 is 0 Å². The van der Waals surface area contributed by atoms with Gasteiger partial charge in [-0.05, 0) is 34.7 Å². The van der Waals surface area contributed by atoms with E-state index in [1.807, 2.05) is 12.1 Å². The normalized spacial score (nSPS) is 10.4. The van der Waals surface area contributed by atoms with E-state index in [9.17, 15) is 10.1 Å². The van der Waals surface area contributed by atoms with Crippen LogP contribution in [0.2, 0.25) is 0 Å². The topological polar surface area (TPSA) is 124 Å². The van der Waals surface area contributed by atoms with Crippen LogP contribution in [-0.2, 0) is 13.7 Å². The number of nitriles is 1. The zero-order valence-electron chi connectivity index (χ0n) is 15.9. The summed E-state index contributed by atoms with van der Waals surface area (Å²) in [5, 5.41) is 23.3. The Hall–Kier alpha value is -4.52. The van der Waals surface area contributed by atoms with E-state index in [0.29, 0.717) is 28.4 Å². The lowest BCUT2D eigenvalue weighted by Crippen LogP contribution is -2.15. The Morgan fingerprint density at radius 1 is 1.23 bits per heavy atom. The Bertz CT molecular complexity index is 1220. The number of anilines is 1. The predicted molar refractivity (Wildman–Crippen MR) is 106 cm³/mol. The number of rotatable bonds is 6. The number of imidazole rings is 1. The van der Waals surface area contributed by atoms with Crippen molar-refractivity contribution in [2.75, 3.05) is 5.32 Å². The van der Waals surface area contributed by atoms with Gasteiger partial charge in [-0.15, -0.1) is 5.10 Å². The van der Waals surface area contributed by atoms with Crippen molar-refractivity contribution in [3.05, 3.63) is 78.1 Å². The third-order valence-electron chi connectivity index (χ3n) is 4.38. The molecule has 0 bridgehead atoms. The summed E-state index contributed by atoms with van der Waals surface area (Å²) in [5.74, 6) is 0.197. The van der Waals surface area contributed by atoms with Crippen LogP contribution < -0.4 is 10.1 Å². The predicted octanol–water partition coefficient (Wildman–Crippen LogP) is 2.10. The highest BCUT2D eigenvalue weighted by Crippen LogP contribution is 2.27. The lowest BCUT2D eigenvalue weighted by Gasteiger charge is -2.14. The molecule has 10 heteroatoms. The number of nitrogens with one attached hydrogen (secondary N) is 1. The second kappa shape index (κ2) is 8.24. The molecule has 2 aromatic heterocycles. The van der Waals surface area contributed by atoms with E-state index < -0.39 is 0 Å². The third-order valence-corrected chi connectivity index (χ3v) is 4.38. The average molecular weight is 400 g/mol. The molecule has 2 aromatic carbocycles. The summed E-state index contributed by atoms with van der Waals surface area (Å²) < 4.78 is 9.01. The van der Waals surface area contributed by atoms with Crippen LogP contribution in [0.4, 0.5) is 5.69 Å². The average Bonchev–Trinajstić information content (AvgIpc) is 3.45.